The monoisotopic (exact) mass is 597 g/mol. The van der Waals surface area contributed by atoms with Crippen molar-refractivity contribution in [2.75, 3.05) is 13.1 Å². The van der Waals surface area contributed by atoms with E-state index in [1.165, 1.54) is 0 Å². The first kappa shape index (κ1) is 29.1. The summed E-state index contributed by atoms with van der Waals surface area (Å²) in [5, 5.41) is 0. The number of piperidine rings is 1. The highest BCUT2D eigenvalue weighted by Gasteiger charge is 2.47. The zero-order valence-corrected chi connectivity index (χ0v) is 23.6. The fourth-order valence-electron chi connectivity index (χ4n) is 6.27. The van der Waals surface area contributed by atoms with Gasteiger partial charge in [-0.3, -0.25) is 18.8 Å². The largest absolute Gasteiger partial charge is 0.465 e. The van der Waals surface area contributed by atoms with Crippen LogP contribution in [0.1, 0.15) is 52.3 Å². The summed E-state index contributed by atoms with van der Waals surface area (Å²) in [6.07, 6.45) is -3.59. The number of alkyl halides is 3. The van der Waals surface area contributed by atoms with E-state index in [1.807, 2.05) is 49.4 Å². The molecule has 4 heterocycles. The third-order valence-electron chi connectivity index (χ3n) is 8.52. The van der Waals surface area contributed by atoms with Gasteiger partial charge in [0.15, 0.2) is 0 Å². The van der Waals surface area contributed by atoms with Gasteiger partial charge in [-0.05, 0) is 56.0 Å². The van der Waals surface area contributed by atoms with Crippen molar-refractivity contribution in [1.82, 2.24) is 14.0 Å². The van der Waals surface area contributed by atoms with Crippen molar-refractivity contribution in [3.8, 4) is 0 Å². The molecule has 11 heteroatoms. The van der Waals surface area contributed by atoms with Gasteiger partial charge in [0.05, 0.1) is 36.5 Å². The molecule has 0 aliphatic carbocycles. The lowest BCUT2D eigenvalue weighted by Gasteiger charge is -2.38. The molecule has 2 aromatic heterocycles. The van der Waals surface area contributed by atoms with Gasteiger partial charge in [-0.1, -0.05) is 36.4 Å². The van der Waals surface area contributed by atoms with E-state index in [0.717, 1.165) is 44.4 Å². The summed E-state index contributed by atoms with van der Waals surface area (Å²) >= 11 is 0. The second-order valence-corrected chi connectivity index (χ2v) is 11.2. The number of benzene rings is 2. The minimum absolute atomic E-state index is 0.0123. The zero-order valence-electron chi connectivity index (χ0n) is 23.6. The number of nitrogens with zero attached hydrogens (tertiary/aromatic N) is 3. The van der Waals surface area contributed by atoms with Gasteiger partial charge in [0.25, 0.3) is 5.56 Å². The molecular weight excluding hydrogens is 566 g/mol. The Morgan fingerprint density at radius 1 is 0.907 bits per heavy atom. The minimum atomic E-state index is -4.83. The van der Waals surface area contributed by atoms with E-state index in [2.05, 4.69) is 4.90 Å². The first-order chi connectivity index (χ1) is 20.6. The van der Waals surface area contributed by atoms with Crippen molar-refractivity contribution in [2.24, 2.45) is 0 Å². The van der Waals surface area contributed by atoms with Crippen LogP contribution in [0.4, 0.5) is 17.6 Å². The highest BCUT2D eigenvalue weighted by atomic mass is 19.4. The fraction of sp³-hybridized carbons (Fsp3) is 0.375. The number of furan rings is 1. The van der Waals surface area contributed by atoms with Crippen LogP contribution in [0, 0.1) is 12.7 Å². The number of aromatic nitrogens is 2. The van der Waals surface area contributed by atoms with Crippen LogP contribution in [-0.4, -0.2) is 27.1 Å². The molecule has 0 amide bonds. The van der Waals surface area contributed by atoms with Gasteiger partial charge in [0, 0.05) is 25.2 Å². The Labute approximate surface area is 244 Å². The Hall–Kier alpha value is -3.96. The van der Waals surface area contributed by atoms with Crippen LogP contribution in [0.5, 0.6) is 0 Å². The van der Waals surface area contributed by atoms with E-state index in [1.54, 1.807) is 0 Å². The maximum absolute atomic E-state index is 14.9. The Kier molecular flexibility index (Phi) is 7.64. The number of halogens is 4. The van der Waals surface area contributed by atoms with E-state index in [0.29, 0.717) is 38.9 Å². The average molecular weight is 598 g/mol. The standard InChI is InChI=1S/C32H31F4N3O4/c1-21-10-11-23(43-21)18-37-16-13-31(14-17-37)28-27(20-42-31)39(19-24-25(32(34,35)36)8-5-9-26(24)33)30(41)38(29(28)40)15-12-22-6-3-2-4-7-22/h2-11H,12-20H2,1H3. The molecule has 0 bridgehead atoms. The molecule has 6 rings (SSSR count). The molecule has 43 heavy (non-hydrogen) atoms. The molecule has 0 unspecified atom stereocenters. The third-order valence-corrected chi connectivity index (χ3v) is 8.52. The van der Waals surface area contributed by atoms with Crippen LogP contribution in [0.3, 0.4) is 0 Å². The Morgan fingerprint density at radius 3 is 2.33 bits per heavy atom. The quantitative estimate of drug-likeness (QED) is 0.268. The first-order valence-corrected chi connectivity index (χ1v) is 14.2. The lowest BCUT2D eigenvalue weighted by Crippen LogP contribution is -2.49. The summed E-state index contributed by atoms with van der Waals surface area (Å²) in [6.45, 7) is 2.81. The molecule has 4 aromatic rings. The molecule has 0 radical (unpaired) electrons. The number of rotatable bonds is 7. The Balaban J connectivity index is 1.40. The maximum atomic E-state index is 14.9. The minimum Gasteiger partial charge on any atom is -0.465 e. The van der Waals surface area contributed by atoms with Crippen LogP contribution < -0.4 is 11.2 Å². The summed E-state index contributed by atoms with van der Waals surface area (Å²) in [5.41, 5.74) is -2.75. The number of aryl methyl sites for hydroxylation is 2. The van der Waals surface area contributed by atoms with Crippen molar-refractivity contribution < 1.29 is 26.7 Å². The lowest BCUT2D eigenvalue weighted by molar-refractivity contribution is -0.138. The maximum Gasteiger partial charge on any atom is 0.416 e. The van der Waals surface area contributed by atoms with E-state index >= 15 is 0 Å². The van der Waals surface area contributed by atoms with E-state index < -0.39 is 46.5 Å². The fourth-order valence-corrected chi connectivity index (χ4v) is 6.27. The van der Waals surface area contributed by atoms with E-state index in [4.69, 9.17) is 9.15 Å². The predicted octanol–water partition coefficient (Wildman–Crippen LogP) is 5.38. The normalized spacial score (nSPS) is 16.6. The van der Waals surface area contributed by atoms with Gasteiger partial charge in [0.2, 0.25) is 0 Å². The van der Waals surface area contributed by atoms with Crippen LogP contribution in [-0.2, 0) is 49.2 Å². The lowest BCUT2D eigenvalue weighted by atomic mass is 9.85. The zero-order chi connectivity index (χ0) is 30.4. The number of likely N-dealkylation sites (tertiary alicyclic amines) is 1. The van der Waals surface area contributed by atoms with Gasteiger partial charge in [-0.25, -0.2) is 9.18 Å². The topological polar surface area (TPSA) is 69.6 Å². The second-order valence-electron chi connectivity index (χ2n) is 11.2. The molecule has 7 nitrogen and oxygen atoms in total. The third kappa shape index (κ3) is 5.59. The van der Waals surface area contributed by atoms with Crippen LogP contribution in [0.25, 0.3) is 0 Å². The Morgan fingerprint density at radius 2 is 1.65 bits per heavy atom. The molecule has 1 saturated heterocycles. The predicted molar refractivity (Wildman–Crippen MR) is 150 cm³/mol. The summed E-state index contributed by atoms with van der Waals surface area (Å²) in [4.78, 5) is 30.0. The summed E-state index contributed by atoms with van der Waals surface area (Å²) in [6, 6.07) is 15.8. The summed E-state index contributed by atoms with van der Waals surface area (Å²) < 4.78 is 70.8. The van der Waals surface area contributed by atoms with Gasteiger partial charge in [0.1, 0.15) is 22.9 Å². The first-order valence-electron chi connectivity index (χ1n) is 14.2. The number of hydrogen-bond acceptors (Lipinski definition) is 5. The van der Waals surface area contributed by atoms with E-state index in [9.17, 15) is 27.2 Å². The average Bonchev–Trinajstić information content (AvgIpc) is 3.56. The number of hydrogen-bond donors (Lipinski definition) is 0. The molecule has 1 fully saturated rings. The van der Waals surface area contributed by atoms with Crippen LogP contribution in [0.15, 0.2) is 74.7 Å². The number of ether oxygens (including phenoxy) is 1. The Bertz CT molecular complexity index is 1750. The molecule has 0 atom stereocenters. The van der Waals surface area contributed by atoms with Crippen molar-refractivity contribution in [1.29, 1.82) is 0 Å². The van der Waals surface area contributed by atoms with Gasteiger partial charge >= 0.3 is 11.9 Å². The van der Waals surface area contributed by atoms with Crippen molar-refractivity contribution >= 4 is 0 Å². The van der Waals surface area contributed by atoms with Gasteiger partial charge in [-0.15, -0.1) is 0 Å². The molecule has 1 spiro atoms. The summed E-state index contributed by atoms with van der Waals surface area (Å²) in [5.74, 6) is 0.561. The molecule has 0 saturated carbocycles. The molecule has 2 aromatic carbocycles. The van der Waals surface area contributed by atoms with E-state index in [-0.39, 0.29) is 24.4 Å². The summed E-state index contributed by atoms with van der Waals surface area (Å²) in [7, 11) is 0. The highest BCUT2D eigenvalue weighted by molar-refractivity contribution is 5.35. The van der Waals surface area contributed by atoms with Crippen molar-refractivity contribution in [3.05, 3.63) is 127 Å². The molecular formula is C32H31F4N3O4. The molecule has 2 aliphatic heterocycles. The van der Waals surface area contributed by atoms with Gasteiger partial charge < -0.3 is 9.15 Å². The van der Waals surface area contributed by atoms with Gasteiger partial charge in [-0.2, -0.15) is 13.2 Å². The molecule has 2 aliphatic rings. The van der Waals surface area contributed by atoms with Crippen molar-refractivity contribution in [2.45, 2.75) is 64.2 Å². The van der Waals surface area contributed by atoms with Crippen LogP contribution >= 0.6 is 0 Å². The smallest absolute Gasteiger partial charge is 0.416 e. The van der Waals surface area contributed by atoms with Crippen LogP contribution in [0.2, 0.25) is 0 Å². The molecule has 0 N–H and O–H groups in total. The van der Waals surface area contributed by atoms with Crippen molar-refractivity contribution in [3.63, 3.8) is 0 Å². The molecule has 226 valence electrons. The second kappa shape index (κ2) is 11.3. The SMILES string of the molecule is Cc1ccc(CN2CCC3(CC2)OCc2c3c(=O)n(CCc3ccccc3)c(=O)n2Cc2c(F)cccc2C(F)(F)F)o1. The number of fused-ring (bicyclic) bond motifs is 2. The highest BCUT2D eigenvalue weighted by Crippen LogP contribution is 2.43.